The molecule has 176 valence electrons. The molecule has 0 amide bonds. The first-order valence-corrected chi connectivity index (χ1v) is 11.6. The average Bonchev–Trinajstić information content (AvgIpc) is 3.32. The summed E-state index contributed by atoms with van der Waals surface area (Å²) in [6, 6.07) is 11.6. The van der Waals surface area contributed by atoms with E-state index < -0.39 is 24.5 Å². The number of carbonyl (C=O) groups is 2. The molecule has 0 unspecified atom stereocenters. The number of carboxylic acid groups (broad SMARTS) is 1. The monoisotopic (exact) mass is 454 g/mol. The van der Waals surface area contributed by atoms with Crippen molar-refractivity contribution in [3.63, 3.8) is 0 Å². The van der Waals surface area contributed by atoms with Crippen LogP contribution in [0.15, 0.2) is 48.6 Å². The molecule has 2 aromatic rings. The lowest BCUT2D eigenvalue weighted by Crippen LogP contribution is -2.32. The smallest absolute Gasteiger partial charge is 0.303 e. The zero-order chi connectivity index (χ0) is 23.4. The summed E-state index contributed by atoms with van der Waals surface area (Å²) in [5.41, 5.74) is 0. The van der Waals surface area contributed by atoms with Gasteiger partial charge in [-0.1, -0.05) is 55.7 Å². The Kier molecular flexibility index (Phi) is 7.30. The van der Waals surface area contributed by atoms with Crippen LogP contribution in [0.5, 0.6) is 11.5 Å². The van der Waals surface area contributed by atoms with Crippen LogP contribution < -0.4 is 9.47 Å². The highest BCUT2D eigenvalue weighted by molar-refractivity contribution is 5.86. The molecule has 1 fully saturated rings. The number of Topliss-reactive ketones (excluding diaryl/α,β-unsaturated/α-hetero) is 1. The minimum atomic E-state index is -1.06. The van der Waals surface area contributed by atoms with Crippen molar-refractivity contribution < 1.29 is 34.4 Å². The average molecular weight is 455 g/mol. The van der Waals surface area contributed by atoms with Crippen LogP contribution in [0.2, 0.25) is 0 Å². The summed E-state index contributed by atoms with van der Waals surface area (Å²) < 4.78 is 11.6. The lowest BCUT2D eigenvalue weighted by Gasteiger charge is -2.19. The highest BCUT2D eigenvalue weighted by Gasteiger charge is 2.40. The Labute approximate surface area is 192 Å². The van der Waals surface area contributed by atoms with Crippen molar-refractivity contribution in [2.45, 2.75) is 63.4 Å². The van der Waals surface area contributed by atoms with Crippen molar-refractivity contribution in [2.24, 2.45) is 11.8 Å². The lowest BCUT2D eigenvalue weighted by molar-refractivity contribution is -0.137. The summed E-state index contributed by atoms with van der Waals surface area (Å²) in [7, 11) is 0. The van der Waals surface area contributed by atoms with Crippen LogP contribution in [0.3, 0.4) is 0 Å². The molecular weight excluding hydrogens is 424 g/mol. The Bertz CT molecular complexity index is 986. The van der Waals surface area contributed by atoms with Crippen molar-refractivity contribution in [2.75, 3.05) is 0 Å². The summed E-state index contributed by atoms with van der Waals surface area (Å²) in [6.45, 7) is 0. The molecule has 7 nitrogen and oxygen atoms in total. The zero-order valence-electron chi connectivity index (χ0n) is 18.4. The van der Waals surface area contributed by atoms with E-state index in [0.29, 0.717) is 24.3 Å². The molecular formula is C26H30O7. The second-order valence-corrected chi connectivity index (χ2v) is 8.89. The van der Waals surface area contributed by atoms with E-state index >= 15 is 0 Å². The molecule has 0 radical (unpaired) electrons. The van der Waals surface area contributed by atoms with Crippen LogP contribution >= 0.6 is 0 Å². The predicted octanol–water partition coefficient (Wildman–Crippen LogP) is 3.85. The molecule has 1 aliphatic carbocycles. The van der Waals surface area contributed by atoms with Crippen LogP contribution in [0, 0.1) is 11.8 Å². The minimum Gasteiger partial charge on any atom is -0.481 e. The van der Waals surface area contributed by atoms with E-state index in [1.54, 1.807) is 12.2 Å². The summed E-state index contributed by atoms with van der Waals surface area (Å²) in [5, 5.41) is 31.7. The summed E-state index contributed by atoms with van der Waals surface area (Å²) >= 11 is 0. The molecule has 7 heteroatoms. The first-order valence-electron chi connectivity index (χ1n) is 11.6. The van der Waals surface area contributed by atoms with Gasteiger partial charge in [-0.3, -0.25) is 9.59 Å². The third kappa shape index (κ3) is 5.54. The number of hydrogen-bond acceptors (Lipinski definition) is 6. The molecule has 1 saturated carbocycles. The topological polar surface area (TPSA) is 113 Å². The van der Waals surface area contributed by atoms with Crippen molar-refractivity contribution in [3.05, 3.63) is 48.6 Å². The van der Waals surface area contributed by atoms with Crippen molar-refractivity contribution >= 4 is 22.5 Å². The van der Waals surface area contributed by atoms with Crippen molar-refractivity contribution in [1.82, 2.24) is 0 Å². The van der Waals surface area contributed by atoms with Gasteiger partial charge in [0, 0.05) is 24.7 Å². The molecule has 33 heavy (non-hydrogen) atoms. The normalized spacial score (nSPS) is 23.6. The van der Waals surface area contributed by atoms with E-state index in [4.69, 9.17) is 14.6 Å². The molecule has 4 atom stereocenters. The number of unbranched alkanes of at least 4 members (excludes halogenated alkanes) is 3. The van der Waals surface area contributed by atoms with Gasteiger partial charge in [0.2, 0.25) is 0 Å². The number of carbonyl (C=O) groups excluding carboxylic acids is 1. The first kappa shape index (κ1) is 23.3. The SMILES string of the molecule is O=C(O)CCCCCC[C@H]1C(=O)C[C@@H](O)[C@@H]1/C=C/[C@@H](O)C1Oc2cc3ccccc3cc2O1. The van der Waals surface area contributed by atoms with E-state index in [0.717, 1.165) is 30.0 Å². The number of ether oxygens (including phenoxy) is 2. The van der Waals surface area contributed by atoms with Crippen LogP contribution in [0.25, 0.3) is 10.8 Å². The number of carboxylic acids is 1. The number of fused-ring (bicyclic) bond motifs is 2. The number of ketones is 1. The number of benzene rings is 2. The second-order valence-electron chi connectivity index (χ2n) is 8.89. The predicted molar refractivity (Wildman–Crippen MR) is 122 cm³/mol. The molecule has 2 aliphatic rings. The Hall–Kier alpha value is -2.90. The van der Waals surface area contributed by atoms with E-state index in [1.807, 2.05) is 36.4 Å². The van der Waals surface area contributed by atoms with Gasteiger partial charge < -0.3 is 24.8 Å². The van der Waals surface area contributed by atoms with Gasteiger partial charge in [0.25, 0.3) is 6.29 Å². The van der Waals surface area contributed by atoms with E-state index in [9.17, 15) is 19.8 Å². The third-order valence-corrected chi connectivity index (χ3v) is 6.50. The van der Waals surface area contributed by atoms with Crippen LogP contribution in [0.4, 0.5) is 0 Å². The van der Waals surface area contributed by atoms with Crippen LogP contribution in [0.1, 0.15) is 44.9 Å². The standard InChI is InChI=1S/C26H30O7/c27-20(26-32-23-13-16-7-5-6-8-17(16)14-24(23)33-26)12-11-19-18(21(28)15-22(19)29)9-3-1-2-4-10-25(30)31/h5-8,11-14,18-20,22,26-27,29H,1-4,9-10,15H2,(H,30,31)/b12-11+/t18-,19-,20-,22-/m1/s1. The molecule has 0 bridgehead atoms. The number of aliphatic hydroxyl groups excluding tert-OH is 2. The molecule has 3 N–H and O–H groups in total. The van der Waals surface area contributed by atoms with Gasteiger partial charge in [0.15, 0.2) is 11.5 Å². The van der Waals surface area contributed by atoms with E-state index in [2.05, 4.69) is 0 Å². The molecule has 0 spiro atoms. The van der Waals surface area contributed by atoms with Gasteiger partial charge in [-0.05, 0) is 35.7 Å². The largest absolute Gasteiger partial charge is 0.481 e. The third-order valence-electron chi connectivity index (χ3n) is 6.50. The van der Waals surface area contributed by atoms with Gasteiger partial charge in [-0.25, -0.2) is 0 Å². The maximum absolute atomic E-state index is 12.4. The lowest BCUT2D eigenvalue weighted by atomic mass is 9.88. The van der Waals surface area contributed by atoms with Crippen LogP contribution in [-0.4, -0.2) is 45.6 Å². The van der Waals surface area contributed by atoms with Crippen molar-refractivity contribution in [1.29, 1.82) is 0 Å². The van der Waals surface area contributed by atoms with Crippen LogP contribution in [-0.2, 0) is 9.59 Å². The van der Waals surface area contributed by atoms with Gasteiger partial charge in [-0.15, -0.1) is 0 Å². The molecule has 4 rings (SSSR count). The molecule has 0 saturated heterocycles. The number of aliphatic hydroxyl groups is 2. The fourth-order valence-corrected chi connectivity index (χ4v) is 4.72. The number of rotatable bonds is 10. The fraction of sp³-hybridized carbons (Fsp3) is 0.462. The molecule has 2 aromatic carbocycles. The maximum Gasteiger partial charge on any atom is 0.303 e. The highest BCUT2D eigenvalue weighted by atomic mass is 16.7. The van der Waals surface area contributed by atoms with Gasteiger partial charge in [-0.2, -0.15) is 0 Å². The summed E-state index contributed by atoms with van der Waals surface area (Å²) in [5.74, 6) is -0.275. The van der Waals surface area contributed by atoms with Gasteiger partial charge in [0.05, 0.1) is 6.10 Å². The Morgan fingerprint density at radius 3 is 2.33 bits per heavy atom. The minimum absolute atomic E-state index is 0.0321. The number of hydrogen-bond donors (Lipinski definition) is 3. The van der Waals surface area contributed by atoms with E-state index in [1.165, 1.54) is 0 Å². The maximum atomic E-state index is 12.4. The second kappa shape index (κ2) is 10.4. The fourth-order valence-electron chi connectivity index (χ4n) is 4.72. The number of aliphatic carboxylic acids is 1. The summed E-state index contributed by atoms with van der Waals surface area (Å²) in [4.78, 5) is 23.0. The molecule has 1 heterocycles. The molecule has 1 aliphatic heterocycles. The molecule has 0 aromatic heterocycles. The van der Waals surface area contributed by atoms with E-state index in [-0.39, 0.29) is 30.5 Å². The quantitative estimate of drug-likeness (QED) is 0.369. The van der Waals surface area contributed by atoms with Gasteiger partial charge >= 0.3 is 5.97 Å². The first-order chi connectivity index (χ1) is 15.9. The van der Waals surface area contributed by atoms with Gasteiger partial charge in [0.1, 0.15) is 11.9 Å². The van der Waals surface area contributed by atoms with Crippen molar-refractivity contribution in [3.8, 4) is 11.5 Å². The zero-order valence-corrected chi connectivity index (χ0v) is 18.4. The highest BCUT2D eigenvalue weighted by Crippen LogP contribution is 2.39. The Morgan fingerprint density at radius 2 is 1.70 bits per heavy atom. The summed E-state index contributed by atoms with van der Waals surface area (Å²) in [6.07, 6.45) is 4.54. The Morgan fingerprint density at radius 1 is 1.06 bits per heavy atom. The Balaban J connectivity index is 1.32.